The van der Waals surface area contributed by atoms with Gasteiger partial charge in [0.15, 0.2) is 0 Å². The van der Waals surface area contributed by atoms with Gasteiger partial charge in [-0.2, -0.15) is 0 Å². The number of rotatable bonds is 11. The van der Waals surface area contributed by atoms with Crippen LogP contribution in [0.4, 0.5) is 0 Å². The minimum absolute atomic E-state index is 0.0258. The third kappa shape index (κ3) is 7.11. The lowest BCUT2D eigenvalue weighted by Gasteiger charge is -2.41. The first-order valence-corrected chi connectivity index (χ1v) is 12.6. The molecule has 2 saturated carbocycles. The molecule has 0 radical (unpaired) electrons. The van der Waals surface area contributed by atoms with E-state index in [2.05, 4.69) is 26.0 Å². The van der Waals surface area contributed by atoms with Crippen LogP contribution in [0.3, 0.4) is 0 Å². The van der Waals surface area contributed by atoms with E-state index in [1.165, 1.54) is 50.5 Å². The van der Waals surface area contributed by atoms with Crippen molar-refractivity contribution in [1.82, 2.24) is 0 Å². The van der Waals surface area contributed by atoms with Crippen LogP contribution in [0, 0.1) is 17.8 Å². The fourth-order valence-electron chi connectivity index (χ4n) is 5.38. The Hall–Kier alpha value is -1.35. The molecule has 1 aromatic carbocycles. The average molecular weight is 415 g/mol. The highest BCUT2D eigenvalue weighted by Gasteiger charge is 2.38. The largest absolute Gasteiger partial charge is 0.426 e. The molecule has 0 spiro atoms. The molecule has 2 aliphatic carbocycles. The Kier molecular flexibility index (Phi) is 9.71. The predicted molar refractivity (Wildman–Crippen MR) is 123 cm³/mol. The molecule has 0 N–H and O–H groups in total. The van der Waals surface area contributed by atoms with Crippen LogP contribution < -0.4 is 4.74 Å². The Morgan fingerprint density at radius 3 is 2.37 bits per heavy atom. The number of esters is 1. The van der Waals surface area contributed by atoms with Crippen molar-refractivity contribution in [2.45, 2.75) is 103 Å². The first kappa shape index (κ1) is 23.3. The molecule has 3 nitrogen and oxygen atoms in total. The van der Waals surface area contributed by atoms with Crippen LogP contribution in [0.15, 0.2) is 24.3 Å². The molecule has 168 valence electrons. The molecule has 4 atom stereocenters. The summed E-state index contributed by atoms with van der Waals surface area (Å²) in [6, 6.07) is 8.04. The molecule has 0 amide bonds. The maximum Gasteiger partial charge on any atom is 0.314 e. The molecule has 0 aliphatic heterocycles. The number of unbranched alkanes of at least 4 members (excludes halogenated alkanes) is 4. The zero-order valence-corrected chi connectivity index (χ0v) is 19.2. The molecule has 30 heavy (non-hydrogen) atoms. The fourth-order valence-corrected chi connectivity index (χ4v) is 5.38. The summed E-state index contributed by atoms with van der Waals surface area (Å²) in [7, 11) is 0. The maximum atomic E-state index is 12.7. The van der Waals surface area contributed by atoms with E-state index in [9.17, 15) is 4.79 Å². The van der Waals surface area contributed by atoms with E-state index < -0.39 is 0 Å². The van der Waals surface area contributed by atoms with Crippen molar-refractivity contribution >= 4 is 5.97 Å². The van der Waals surface area contributed by atoms with Gasteiger partial charge in [-0.25, -0.2) is 0 Å². The summed E-state index contributed by atoms with van der Waals surface area (Å²) in [5.41, 5.74) is 1.30. The average Bonchev–Trinajstić information content (AvgIpc) is 2.77. The second kappa shape index (κ2) is 12.5. The lowest BCUT2D eigenvalue weighted by atomic mass is 9.67. The van der Waals surface area contributed by atoms with Crippen molar-refractivity contribution in [1.29, 1.82) is 0 Å². The van der Waals surface area contributed by atoms with Gasteiger partial charge in [-0.3, -0.25) is 4.79 Å². The minimum Gasteiger partial charge on any atom is -0.426 e. The fraction of sp³-hybridized carbons (Fsp3) is 0.741. The van der Waals surface area contributed by atoms with E-state index in [0.29, 0.717) is 17.8 Å². The number of hydrogen-bond acceptors (Lipinski definition) is 3. The van der Waals surface area contributed by atoms with E-state index >= 15 is 0 Å². The quantitative estimate of drug-likeness (QED) is 0.220. The number of carbonyl (C=O) groups is 1. The van der Waals surface area contributed by atoms with Gasteiger partial charge in [-0.15, -0.1) is 0 Å². The first-order chi connectivity index (χ1) is 14.7. The molecule has 2 fully saturated rings. The third-order valence-corrected chi connectivity index (χ3v) is 7.18. The SMILES string of the molecule is CCCCCCCOC1CCC2C[C@H](C(=O)Oc3ccc(CCC)cc3)CC[C@@H]2C1. The normalized spacial score (nSPS) is 26.2. The molecule has 3 heteroatoms. The summed E-state index contributed by atoms with van der Waals surface area (Å²) in [6.45, 7) is 5.37. The second-order valence-corrected chi connectivity index (χ2v) is 9.57. The molecule has 0 aromatic heterocycles. The zero-order chi connectivity index (χ0) is 21.2. The van der Waals surface area contributed by atoms with Crippen LogP contribution in [0.2, 0.25) is 0 Å². The Morgan fingerprint density at radius 2 is 1.60 bits per heavy atom. The zero-order valence-electron chi connectivity index (χ0n) is 19.2. The first-order valence-electron chi connectivity index (χ1n) is 12.6. The highest BCUT2D eigenvalue weighted by molar-refractivity contribution is 5.75. The molecule has 1 aromatic rings. The van der Waals surface area contributed by atoms with Gasteiger partial charge in [0.25, 0.3) is 0 Å². The van der Waals surface area contributed by atoms with Crippen LogP contribution in [0.1, 0.15) is 96.5 Å². The van der Waals surface area contributed by atoms with E-state index in [1.807, 2.05) is 12.1 Å². The van der Waals surface area contributed by atoms with Crippen molar-refractivity contribution < 1.29 is 14.3 Å². The van der Waals surface area contributed by atoms with E-state index in [1.54, 1.807) is 0 Å². The number of ether oxygens (including phenoxy) is 2. The molecule has 3 rings (SSSR count). The van der Waals surface area contributed by atoms with Gasteiger partial charge in [-0.1, -0.05) is 58.1 Å². The second-order valence-electron chi connectivity index (χ2n) is 9.57. The number of carbonyl (C=O) groups excluding carboxylic acids is 1. The van der Waals surface area contributed by atoms with Gasteiger partial charge in [0, 0.05) is 6.61 Å². The number of benzene rings is 1. The molecule has 2 aliphatic rings. The molecule has 0 heterocycles. The van der Waals surface area contributed by atoms with Crippen molar-refractivity contribution in [2.75, 3.05) is 6.61 Å². The standard InChI is InChI=1S/C27H42O3/c1-3-5-6-7-8-18-29-26-17-14-22-19-24(13-12-23(22)20-26)27(28)30-25-15-10-21(9-4-2)11-16-25/h10-11,15-16,22-24,26H,3-9,12-14,17-20H2,1-2H3/t22?,23-,24-,26?/m1/s1. The number of aryl methyl sites for hydroxylation is 1. The van der Waals surface area contributed by atoms with Crippen molar-refractivity contribution in [3.05, 3.63) is 29.8 Å². The van der Waals surface area contributed by atoms with Crippen LogP contribution in [-0.2, 0) is 16.0 Å². The van der Waals surface area contributed by atoms with Crippen LogP contribution in [-0.4, -0.2) is 18.7 Å². The highest BCUT2D eigenvalue weighted by Crippen LogP contribution is 2.44. The van der Waals surface area contributed by atoms with Gasteiger partial charge < -0.3 is 9.47 Å². The van der Waals surface area contributed by atoms with E-state index in [0.717, 1.165) is 51.0 Å². The van der Waals surface area contributed by atoms with Gasteiger partial charge in [-0.05, 0) is 80.9 Å². The summed E-state index contributed by atoms with van der Waals surface area (Å²) < 4.78 is 11.9. The lowest BCUT2D eigenvalue weighted by molar-refractivity contribution is -0.141. The Morgan fingerprint density at radius 1 is 0.867 bits per heavy atom. The summed E-state index contributed by atoms with van der Waals surface area (Å²) in [4.78, 5) is 12.7. The summed E-state index contributed by atoms with van der Waals surface area (Å²) in [5.74, 6) is 2.15. The van der Waals surface area contributed by atoms with Gasteiger partial charge in [0.1, 0.15) is 5.75 Å². The molecular weight excluding hydrogens is 372 g/mol. The van der Waals surface area contributed by atoms with Gasteiger partial charge in [0.2, 0.25) is 0 Å². The van der Waals surface area contributed by atoms with Crippen molar-refractivity contribution in [2.24, 2.45) is 17.8 Å². The Labute approximate surface area is 183 Å². The van der Waals surface area contributed by atoms with Crippen LogP contribution >= 0.6 is 0 Å². The molecule has 0 bridgehead atoms. The van der Waals surface area contributed by atoms with Crippen LogP contribution in [0.25, 0.3) is 0 Å². The molecule has 2 unspecified atom stereocenters. The van der Waals surface area contributed by atoms with E-state index in [-0.39, 0.29) is 11.9 Å². The third-order valence-electron chi connectivity index (χ3n) is 7.18. The predicted octanol–water partition coefficient (Wildman–Crippen LogP) is 7.12. The smallest absolute Gasteiger partial charge is 0.314 e. The number of hydrogen-bond donors (Lipinski definition) is 0. The Balaban J connectivity index is 1.37. The summed E-state index contributed by atoms with van der Waals surface area (Å²) >= 11 is 0. The highest BCUT2D eigenvalue weighted by atomic mass is 16.5. The Bertz CT molecular complexity index is 624. The number of fused-ring (bicyclic) bond motifs is 1. The van der Waals surface area contributed by atoms with Crippen LogP contribution in [0.5, 0.6) is 5.75 Å². The monoisotopic (exact) mass is 414 g/mol. The molecule has 0 saturated heterocycles. The topological polar surface area (TPSA) is 35.5 Å². The van der Waals surface area contributed by atoms with Crippen molar-refractivity contribution in [3.8, 4) is 5.75 Å². The summed E-state index contributed by atoms with van der Waals surface area (Å²) in [5, 5.41) is 0. The van der Waals surface area contributed by atoms with Crippen molar-refractivity contribution in [3.63, 3.8) is 0 Å². The van der Waals surface area contributed by atoms with Gasteiger partial charge in [0.05, 0.1) is 12.0 Å². The van der Waals surface area contributed by atoms with E-state index in [4.69, 9.17) is 9.47 Å². The summed E-state index contributed by atoms with van der Waals surface area (Å²) in [6.07, 6.45) is 15.8. The minimum atomic E-state index is -0.0258. The van der Waals surface area contributed by atoms with Gasteiger partial charge >= 0.3 is 5.97 Å². The maximum absolute atomic E-state index is 12.7. The lowest BCUT2D eigenvalue weighted by Crippen LogP contribution is -2.37. The molecular formula is C27H42O3.